The van der Waals surface area contributed by atoms with Crippen LogP contribution in [0.2, 0.25) is 0 Å². The van der Waals surface area contributed by atoms with Gasteiger partial charge in [-0.25, -0.2) is 4.99 Å². The molecule has 0 heterocycles. The Labute approximate surface area is 77.7 Å². The molecule has 0 fully saturated rings. The molecule has 0 radical (unpaired) electrons. The summed E-state index contributed by atoms with van der Waals surface area (Å²) < 4.78 is 0. The van der Waals surface area contributed by atoms with Crippen LogP contribution in [0.5, 0.6) is 0 Å². The largest absolute Gasteiger partial charge is 0.481 e. The number of nitrogens with zero attached hydrogens (tertiary/aromatic N) is 1. The van der Waals surface area contributed by atoms with E-state index < -0.39 is 5.97 Å². The Morgan fingerprint density at radius 1 is 1.46 bits per heavy atom. The number of hydrogen-bond acceptors (Lipinski definition) is 2. The summed E-state index contributed by atoms with van der Waals surface area (Å²) in [7, 11) is 0. The Balaban J connectivity index is 4.51. The van der Waals surface area contributed by atoms with Gasteiger partial charge in [0.05, 0.1) is 6.42 Å². The van der Waals surface area contributed by atoms with Crippen molar-refractivity contribution in [3.8, 4) is 0 Å². The van der Waals surface area contributed by atoms with Gasteiger partial charge in [-0.3, -0.25) is 9.59 Å². The van der Waals surface area contributed by atoms with Crippen LogP contribution in [0.1, 0.15) is 27.2 Å². The van der Waals surface area contributed by atoms with Gasteiger partial charge in [-0.1, -0.05) is 20.8 Å². The van der Waals surface area contributed by atoms with Crippen LogP contribution < -0.4 is 0 Å². The highest BCUT2D eigenvalue weighted by atomic mass is 16.4. The molecular formula is C9H15NO3. The van der Waals surface area contributed by atoms with Gasteiger partial charge in [0.1, 0.15) is 0 Å². The maximum absolute atomic E-state index is 10.4. The van der Waals surface area contributed by atoms with Crippen molar-refractivity contribution in [1.29, 1.82) is 0 Å². The predicted molar refractivity (Wildman–Crippen MR) is 49.8 cm³/mol. The van der Waals surface area contributed by atoms with Crippen LogP contribution in [0.15, 0.2) is 4.99 Å². The van der Waals surface area contributed by atoms with Crippen LogP contribution in [0, 0.1) is 11.8 Å². The zero-order chi connectivity index (χ0) is 10.4. The van der Waals surface area contributed by atoms with E-state index >= 15 is 0 Å². The van der Waals surface area contributed by atoms with Gasteiger partial charge in [-0.05, 0) is 11.8 Å². The summed E-state index contributed by atoms with van der Waals surface area (Å²) in [4.78, 5) is 24.1. The summed E-state index contributed by atoms with van der Waals surface area (Å²) in [6, 6.07) is 0. The molecule has 1 unspecified atom stereocenters. The minimum Gasteiger partial charge on any atom is -0.481 e. The zero-order valence-electron chi connectivity index (χ0n) is 8.15. The van der Waals surface area contributed by atoms with Crippen molar-refractivity contribution in [3.05, 3.63) is 0 Å². The monoisotopic (exact) mass is 185 g/mol. The first kappa shape index (κ1) is 11.8. The first-order chi connectivity index (χ1) is 5.99. The third-order valence-electron chi connectivity index (χ3n) is 2.08. The lowest BCUT2D eigenvalue weighted by Gasteiger charge is -2.15. The smallest absolute Gasteiger partial charge is 0.309 e. The molecular weight excluding hydrogens is 170 g/mol. The molecule has 4 nitrogen and oxygen atoms in total. The van der Waals surface area contributed by atoms with Crippen LogP contribution in [0.25, 0.3) is 0 Å². The summed E-state index contributed by atoms with van der Waals surface area (Å²) in [5, 5.41) is 8.54. The van der Waals surface area contributed by atoms with Gasteiger partial charge < -0.3 is 5.11 Å². The molecule has 13 heavy (non-hydrogen) atoms. The number of aliphatic imine (C=N–C) groups is 1. The summed E-state index contributed by atoms with van der Waals surface area (Å²) in [5.41, 5.74) is 0.442. The fraction of sp³-hybridized carbons (Fsp3) is 0.667. The van der Waals surface area contributed by atoms with Crippen LogP contribution in [-0.4, -0.2) is 23.2 Å². The van der Waals surface area contributed by atoms with E-state index in [2.05, 4.69) is 4.99 Å². The topological polar surface area (TPSA) is 66.7 Å². The molecule has 0 spiro atoms. The molecule has 1 atom stereocenters. The van der Waals surface area contributed by atoms with Crippen LogP contribution in [0.4, 0.5) is 0 Å². The molecule has 0 aliphatic carbocycles. The van der Waals surface area contributed by atoms with E-state index in [0.29, 0.717) is 12.1 Å². The Kier molecular flexibility index (Phi) is 4.96. The van der Waals surface area contributed by atoms with Crippen molar-refractivity contribution in [2.24, 2.45) is 16.8 Å². The van der Waals surface area contributed by atoms with Crippen LogP contribution >= 0.6 is 0 Å². The number of carbonyl (C=O) groups is 2. The van der Waals surface area contributed by atoms with Gasteiger partial charge >= 0.3 is 5.97 Å². The number of carboxylic acid groups (broad SMARTS) is 1. The molecule has 0 aliphatic rings. The van der Waals surface area contributed by atoms with Crippen molar-refractivity contribution in [3.63, 3.8) is 0 Å². The molecule has 0 rings (SSSR count). The van der Waals surface area contributed by atoms with E-state index in [1.54, 1.807) is 0 Å². The SMILES string of the molecule is CC(C)C(C)C(CC(=O)O)=NC=O. The minimum atomic E-state index is -0.951. The molecule has 0 bridgehead atoms. The van der Waals surface area contributed by atoms with Crippen molar-refractivity contribution in [2.45, 2.75) is 27.2 Å². The van der Waals surface area contributed by atoms with E-state index in [1.807, 2.05) is 20.8 Å². The molecule has 1 N–H and O–H groups in total. The van der Waals surface area contributed by atoms with Crippen LogP contribution in [-0.2, 0) is 9.59 Å². The number of carboxylic acids is 1. The highest BCUT2D eigenvalue weighted by Crippen LogP contribution is 2.13. The average Bonchev–Trinajstić information content (AvgIpc) is 2.01. The fourth-order valence-electron chi connectivity index (χ4n) is 0.932. The van der Waals surface area contributed by atoms with E-state index in [0.717, 1.165) is 0 Å². The summed E-state index contributed by atoms with van der Waals surface area (Å²) in [5.74, 6) is -0.632. The van der Waals surface area contributed by atoms with Gasteiger partial charge in [0.15, 0.2) is 0 Å². The van der Waals surface area contributed by atoms with E-state index in [9.17, 15) is 9.59 Å². The normalized spacial score (nSPS) is 14.3. The van der Waals surface area contributed by atoms with E-state index in [1.165, 1.54) is 0 Å². The average molecular weight is 185 g/mol. The van der Waals surface area contributed by atoms with Crippen molar-refractivity contribution in [2.75, 3.05) is 0 Å². The third-order valence-corrected chi connectivity index (χ3v) is 2.08. The number of amides is 1. The maximum Gasteiger partial charge on any atom is 0.309 e. The molecule has 0 aromatic carbocycles. The standard InChI is InChI=1S/C9H15NO3/c1-6(2)7(3)8(10-5-11)4-9(12)13/h5-7H,4H2,1-3H3,(H,12,13). The molecule has 1 amide bonds. The molecule has 0 aromatic heterocycles. The molecule has 0 saturated carbocycles. The fourth-order valence-corrected chi connectivity index (χ4v) is 0.932. The second kappa shape index (κ2) is 5.45. The molecule has 0 saturated heterocycles. The first-order valence-corrected chi connectivity index (χ1v) is 4.21. The van der Waals surface area contributed by atoms with E-state index in [4.69, 9.17) is 5.11 Å². The number of hydrogen-bond donors (Lipinski definition) is 1. The van der Waals surface area contributed by atoms with Gasteiger partial charge in [-0.2, -0.15) is 0 Å². The number of aliphatic carboxylic acids is 1. The van der Waals surface area contributed by atoms with Crippen LogP contribution in [0.3, 0.4) is 0 Å². The molecule has 4 heteroatoms. The van der Waals surface area contributed by atoms with Crippen molar-refractivity contribution >= 4 is 18.1 Å². The van der Waals surface area contributed by atoms with Gasteiger partial charge in [0.25, 0.3) is 0 Å². The Bertz CT molecular complexity index is 221. The Hall–Kier alpha value is -1.19. The van der Waals surface area contributed by atoms with E-state index in [-0.39, 0.29) is 18.3 Å². The highest BCUT2D eigenvalue weighted by molar-refractivity contribution is 6.02. The molecule has 74 valence electrons. The first-order valence-electron chi connectivity index (χ1n) is 4.21. The van der Waals surface area contributed by atoms with Crippen molar-refractivity contribution < 1.29 is 14.7 Å². The third kappa shape index (κ3) is 4.40. The lowest BCUT2D eigenvalue weighted by molar-refractivity contribution is -0.135. The van der Waals surface area contributed by atoms with Gasteiger partial charge in [0, 0.05) is 5.71 Å². The molecule has 0 aliphatic heterocycles. The predicted octanol–water partition coefficient (Wildman–Crippen LogP) is 1.35. The quantitative estimate of drug-likeness (QED) is 0.519. The lowest BCUT2D eigenvalue weighted by Crippen LogP contribution is -2.20. The van der Waals surface area contributed by atoms with Crippen molar-refractivity contribution in [1.82, 2.24) is 0 Å². The maximum atomic E-state index is 10.4. The summed E-state index contributed by atoms with van der Waals surface area (Å²) in [6.45, 7) is 5.80. The van der Waals surface area contributed by atoms with Gasteiger partial charge in [0.2, 0.25) is 6.41 Å². The second-order valence-corrected chi connectivity index (χ2v) is 3.33. The number of rotatable bonds is 5. The minimum absolute atomic E-state index is 0.0290. The molecule has 0 aromatic rings. The lowest BCUT2D eigenvalue weighted by atomic mass is 9.91. The Morgan fingerprint density at radius 3 is 2.31 bits per heavy atom. The summed E-state index contributed by atoms with van der Waals surface area (Å²) >= 11 is 0. The highest BCUT2D eigenvalue weighted by Gasteiger charge is 2.16. The Morgan fingerprint density at radius 2 is 2.00 bits per heavy atom. The second-order valence-electron chi connectivity index (χ2n) is 3.33. The summed E-state index contributed by atoms with van der Waals surface area (Å²) in [6.07, 6.45) is 0.245. The van der Waals surface area contributed by atoms with Gasteiger partial charge in [-0.15, -0.1) is 0 Å². The number of carbonyl (C=O) groups excluding carboxylic acids is 1. The zero-order valence-corrected chi connectivity index (χ0v) is 8.15.